The van der Waals surface area contributed by atoms with E-state index in [9.17, 15) is 4.79 Å². The molecule has 1 unspecified atom stereocenters. The lowest BCUT2D eigenvalue weighted by atomic mass is 10.3. The van der Waals surface area contributed by atoms with Crippen LogP contribution < -0.4 is 10.6 Å². The highest BCUT2D eigenvalue weighted by Gasteiger charge is 2.28. The average molecular weight is 192 g/mol. The first kappa shape index (κ1) is 9.08. The molecule has 1 atom stereocenters. The predicted molar refractivity (Wildman–Crippen MR) is 51.7 cm³/mol. The Hall–Kier alpha value is -1.49. The number of carbonyl (C=O) groups is 1. The maximum absolute atomic E-state index is 11.4. The number of nitrogens with two attached hydrogens (primary N) is 1. The molecule has 0 radical (unpaired) electrons. The summed E-state index contributed by atoms with van der Waals surface area (Å²) in [6.45, 7) is 2.39. The van der Waals surface area contributed by atoms with Gasteiger partial charge in [-0.2, -0.15) is 5.10 Å². The summed E-state index contributed by atoms with van der Waals surface area (Å²) in [5.74, 6) is 0.615. The van der Waals surface area contributed by atoms with Crippen LogP contribution in [0.15, 0.2) is 12.1 Å². The lowest BCUT2D eigenvalue weighted by Crippen LogP contribution is -2.28. The molecule has 1 saturated heterocycles. The molecule has 1 aliphatic heterocycles. The molecule has 1 aliphatic rings. The van der Waals surface area contributed by atoms with Gasteiger partial charge in [0.2, 0.25) is 5.91 Å². The van der Waals surface area contributed by atoms with Crippen molar-refractivity contribution in [2.45, 2.75) is 19.4 Å². The Morgan fingerprint density at radius 2 is 2.29 bits per heavy atom. The molecule has 5 heteroatoms. The third kappa shape index (κ3) is 1.58. The van der Waals surface area contributed by atoms with Crippen LogP contribution in [0.25, 0.3) is 0 Å². The number of hydrogen-bond acceptors (Lipinski definition) is 4. The second-order valence-corrected chi connectivity index (χ2v) is 3.50. The highest BCUT2D eigenvalue weighted by atomic mass is 16.2. The normalized spacial score (nSPS) is 21.7. The van der Waals surface area contributed by atoms with Crippen LogP contribution >= 0.6 is 0 Å². The van der Waals surface area contributed by atoms with E-state index < -0.39 is 0 Å². The fourth-order valence-corrected chi connectivity index (χ4v) is 1.49. The Kier molecular flexibility index (Phi) is 2.17. The van der Waals surface area contributed by atoms with Gasteiger partial charge in [-0.25, -0.2) is 0 Å². The number of aromatic nitrogens is 2. The maximum Gasteiger partial charge on any atom is 0.229 e. The third-order valence-corrected chi connectivity index (χ3v) is 2.22. The van der Waals surface area contributed by atoms with E-state index in [1.807, 2.05) is 13.0 Å². The van der Waals surface area contributed by atoms with Gasteiger partial charge < -0.3 is 5.73 Å². The molecule has 2 N–H and O–H groups in total. The Balaban J connectivity index is 2.23. The van der Waals surface area contributed by atoms with E-state index in [1.54, 1.807) is 11.0 Å². The quantitative estimate of drug-likeness (QED) is 0.671. The summed E-state index contributed by atoms with van der Waals surface area (Å²) >= 11 is 0. The van der Waals surface area contributed by atoms with Crippen molar-refractivity contribution in [1.29, 1.82) is 0 Å². The molecule has 5 nitrogen and oxygen atoms in total. The van der Waals surface area contributed by atoms with Crippen LogP contribution in [-0.2, 0) is 4.79 Å². The summed E-state index contributed by atoms with van der Waals surface area (Å²) in [7, 11) is 0. The van der Waals surface area contributed by atoms with Crippen LogP contribution in [0.1, 0.15) is 12.1 Å². The number of rotatable bonds is 1. The Morgan fingerprint density at radius 1 is 1.50 bits per heavy atom. The molecule has 0 spiro atoms. The highest BCUT2D eigenvalue weighted by Crippen LogP contribution is 2.17. The van der Waals surface area contributed by atoms with Gasteiger partial charge in [0, 0.05) is 19.0 Å². The van der Waals surface area contributed by atoms with E-state index in [2.05, 4.69) is 10.2 Å². The van der Waals surface area contributed by atoms with E-state index in [-0.39, 0.29) is 11.9 Å². The van der Waals surface area contributed by atoms with Crippen molar-refractivity contribution in [3.8, 4) is 0 Å². The maximum atomic E-state index is 11.4. The van der Waals surface area contributed by atoms with Crippen molar-refractivity contribution in [1.82, 2.24) is 10.2 Å². The molecule has 0 saturated carbocycles. The molecular weight excluding hydrogens is 180 g/mol. The molecule has 1 aromatic rings. The van der Waals surface area contributed by atoms with Crippen LogP contribution in [0.4, 0.5) is 5.82 Å². The summed E-state index contributed by atoms with van der Waals surface area (Å²) in [5.41, 5.74) is 6.51. The molecule has 1 fully saturated rings. The lowest BCUT2D eigenvalue weighted by Gasteiger charge is -2.13. The Morgan fingerprint density at radius 3 is 2.79 bits per heavy atom. The molecule has 1 aromatic heterocycles. The Labute approximate surface area is 81.9 Å². The molecule has 14 heavy (non-hydrogen) atoms. The minimum Gasteiger partial charge on any atom is -0.326 e. The van der Waals surface area contributed by atoms with Crippen LogP contribution in [0.3, 0.4) is 0 Å². The molecule has 1 amide bonds. The minimum absolute atomic E-state index is 0.0238. The smallest absolute Gasteiger partial charge is 0.229 e. The van der Waals surface area contributed by atoms with Crippen molar-refractivity contribution < 1.29 is 4.79 Å². The molecule has 0 aliphatic carbocycles. The molecule has 0 aromatic carbocycles. The zero-order valence-electron chi connectivity index (χ0n) is 7.97. The van der Waals surface area contributed by atoms with Crippen molar-refractivity contribution in [3.05, 3.63) is 17.8 Å². The van der Waals surface area contributed by atoms with Gasteiger partial charge in [0.1, 0.15) is 0 Å². The number of anilines is 1. The number of nitrogens with zero attached hydrogens (tertiary/aromatic N) is 3. The van der Waals surface area contributed by atoms with Crippen LogP contribution in [-0.4, -0.2) is 28.7 Å². The van der Waals surface area contributed by atoms with Crippen LogP contribution in [0.2, 0.25) is 0 Å². The number of aryl methyl sites for hydroxylation is 1. The molecule has 74 valence electrons. The number of carbonyl (C=O) groups excluding carboxylic acids is 1. The third-order valence-electron chi connectivity index (χ3n) is 2.22. The molecule has 2 heterocycles. The van der Waals surface area contributed by atoms with Gasteiger partial charge in [0.05, 0.1) is 5.69 Å². The predicted octanol–water partition coefficient (Wildman–Crippen LogP) is -0.151. The van der Waals surface area contributed by atoms with Gasteiger partial charge in [-0.05, 0) is 19.1 Å². The molecular formula is C9H12N4O. The minimum atomic E-state index is -0.0781. The van der Waals surface area contributed by atoms with Gasteiger partial charge in [0.25, 0.3) is 0 Å². The van der Waals surface area contributed by atoms with Crippen molar-refractivity contribution in [3.63, 3.8) is 0 Å². The Bertz CT molecular complexity index is 348. The van der Waals surface area contributed by atoms with E-state index >= 15 is 0 Å². The lowest BCUT2D eigenvalue weighted by molar-refractivity contribution is -0.117. The fraction of sp³-hybridized carbons (Fsp3) is 0.444. The van der Waals surface area contributed by atoms with E-state index in [0.717, 1.165) is 5.69 Å². The van der Waals surface area contributed by atoms with Crippen molar-refractivity contribution in [2.24, 2.45) is 5.73 Å². The summed E-state index contributed by atoms with van der Waals surface area (Å²) in [6, 6.07) is 3.54. The summed E-state index contributed by atoms with van der Waals surface area (Å²) in [4.78, 5) is 13.0. The van der Waals surface area contributed by atoms with E-state index in [1.165, 1.54) is 0 Å². The zero-order chi connectivity index (χ0) is 10.1. The second-order valence-electron chi connectivity index (χ2n) is 3.50. The van der Waals surface area contributed by atoms with Gasteiger partial charge in [0.15, 0.2) is 5.82 Å². The standard InChI is InChI=1S/C9H12N4O/c1-6-2-3-8(12-11-6)13-5-7(10)4-9(13)14/h2-3,7H,4-5,10H2,1H3. The number of hydrogen-bond donors (Lipinski definition) is 1. The fourth-order valence-electron chi connectivity index (χ4n) is 1.49. The van der Waals surface area contributed by atoms with E-state index in [4.69, 9.17) is 5.73 Å². The van der Waals surface area contributed by atoms with Crippen molar-refractivity contribution >= 4 is 11.7 Å². The zero-order valence-corrected chi connectivity index (χ0v) is 7.97. The van der Waals surface area contributed by atoms with Gasteiger partial charge in [-0.1, -0.05) is 0 Å². The molecule has 2 rings (SSSR count). The molecule has 0 bridgehead atoms. The highest BCUT2D eigenvalue weighted by molar-refractivity contribution is 5.95. The average Bonchev–Trinajstić information content (AvgIpc) is 2.47. The van der Waals surface area contributed by atoms with Gasteiger partial charge >= 0.3 is 0 Å². The second kappa shape index (κ2) is 3.34. The van der Waals surface area contributed by atoms with Gasteiger partial charge in [-0.15, -0.1) is 5.10 Å². The summed E-state index contributed by atoms with van der Waals surface area (Å²) in [6.07, 6.45) is 0.398. The summed E-state index contributed by atoms with van der Waals surface area (Å²) < 4.78 is 0. The summed E-state index contributed by atoms with van der Waals surface area (Å²) in [5, 5.41) is 7.84. The van der Waals surface area contributed by atoms with Gasteiger partial charge in [-0.3, -0.25) is 9.69 Å². The number of amides is 1. The first-order valence-electron chi connectivity index (χ1n) is 4.53. The topological polar surface area (TPSA) is 72.1 Å². The van der Waals surface area contributed by atoms with Crippen LogP contribution in [0, 0.1) is 6.92 Å². The SMILES string of the molecule is Cc1ccc(N2CC(N)CC2=O)nn1. The van der Waals surface area contributed by atoms with Crippen LogP contribution in [0.5, 0.6) is 0 Å². The van der Waals surface area contributed by atoms with Crippen molar-refractivity contribution in [2.75, 3.05) is 11.4 Å². The largest absolute Gasteiger partial charge is 0.326 e. The first-order chi connectivity index (χ1) is 6.66. The first-order valence-corrected chi connectivity index (χ1v) is 4.53. The monoisotopic (exact) mass is 192 g/mol. The van der Waals surface area contributed by atoms with E-state index in [0.29, 0.717) is 18.8 Å².